The Morgan fingerprint density at radius 1 is 0.976 bits per heavy atom. The molecule has 0 spiro atoms. The summed E-state index contributed by atoms with van der Waals surface area (Å²) in [5, 5.41) is 6.27. The molecule has 8 rings (SSSR count). The summed E-state index contributed by atoms with van der Waals surface area (Å²) in [6.45, 7) is 3.24. The van der Waals surface area contributed by atoms with Crippen molar-refractivity contribution in [2.24, 2.45) is 0 Å². The number of rotatable bonds is 5. The van der Waals surface area contributed by atoms with Crippen LogP contribution in [-0.4, -0.2) is 71.4 Å². The van der Waals surface area contributed by atoms with Gasteiger partial charge in [-0.15, -0.1) is 0 Å². The van der Waals surface area contributed by atoms with Gasteiger partial charge in [-0.1, -0.05) is 30.3 Å². The summed E-state index contributed by atoms with van der Waals surface area (Å²) in [4.78, 5) is 14.1. The van der Waals surface area contributed by atoms with E-state index in [1.807, 2.05) is 48.5 Å². The molecule has 0 saturated carbocycles. The quantitative estimate of drug-likeness (QED) is 0.309. The highest BCUT2D eigenvalue weighted by Gasteiger charge is 2.49. The normalized spacial score (nSPS) is 27.6. The first-order valence-corrected chi connectivity index (χ1v) is 15.3. The van der Waals surface area contributed by atoms with Crippen molar-refractivity contribution >= 4 is 33.2 Å². The Bertz CT molecular complexity index is 1680. The van der Waals surface area contributed by atoms with Gasteiger partial charge in [0.15, 0.2) is 5.82 Å². The zero-order valence-electron chi connectivity index (χ0n) is 23.7. The fraction of sp³-hybridized carbons (Fsp3) is 0.455. The largest absolute Gasteiger partial charge is 0.461 e. The highest BCUT2D eigenvalue weighted by atomic mass is 19.1. The molecule has 5 heterocycles. The van der Waals surface area contributed by atoms with E-state index in [0.717, 1.165) is 61.7 Å². The van der Waals surface area contributed by atoms with Crippen molar-refractivity contribution in [2.45, 2.75) is 62.3 Å². The highest BCUT2D eigenvalue weighted by Crippen LogP contribution is 2.41. The second kappa shape index (κ2) is 10.0. The van der Waals surface area contributed by atoms with Crippen molar-refractivity contribution < 1.29 is 13.5 Å². The molecule has 42 heavy (non-hydrogen) atoms. The molecular formula is C33H36F2N6O. The molecule has 7 nitrogen and oxygen atoms in total. The van der Waals surface area contributed by atoms with Gasteiger partial charge in [-0.05, 0) is 73.2 Å². The number of hydrogen-bond acceptors (Lipinski definition) is 7. The maximum absolute atomic E-state index is 16.7. The van der Waals surface area contributed by atoms with Crippen molar-refractivity contribution in [1.82, 2.24) is 20.2 Å². The van der Waals surface area contributed by atoms with E-state index >= 15 is 4.39 Å². The van der Waals surface area contributed by atoms with Gasteiger partial charge in [-0.25, -0.2) is 8.78 Å². The molecule has 4 aliphatic rings. The minimum Gasteiger partial charge on any atom is -0.461 e. The zero-order chi connectivity index (χ0) is 28.4. The second-order valence-corrected chi connectivity index (χ2v) is 12.7. The lowest BCUT2D eigenvalue weighted by molar-refractivity contribution is 0.107. The summed E-state index contributed by atoms with van der Waals surface area (Å²) in [6.07, 6.45) is 4.83. The Kier molecular flexibility index (Phi) is 6.23. The molecule has 9 heteroatoms. The molecule has 0 aliphatic carbocycles. The summed E-state index contributed by atoms with van der Waals surface area (Å²) in [5.74, 6) is 0.277. The smallest absolute Gasteiger partial charge is 0.319 e. The number of nitrogens with two attached hydrogens (primary N) is 1. The summed E-state index contributed by atoms with van der Waals surface area (Å²) in [7, 11) is 0. The third kappa shape index (κ3) is 4.36. The fourth-order valence-electron chi connectivity index (χ4n) is 7.98. The molecule has 2 bridgehead atoms. The van der Waals surface area contributed by atoms with Gasteiger partial charge in [-0.2, -0.15) is 9.97 Å². The number of fused-ring (bicyclic) bond motifs is 5. The molecule has 3 aromatic carbocycles. The molecule has 218 valence electrons. The van der Waals surface area contributed by atoms with Gasteiger partial charge in [0.1, 0.15) is 24.1 Å². The van der Waals surface area contributed by atoms with Crippen LogP contribution in [0.2, 0.25) is 0 Å². The number of benzene rings is 3. The summed E-state index contributed by atoms with van der Waals surface area (Å²) < 4.78 is 37.5. The van der Waals surface area contributed by atoms with Gasteiger partial charge >= 0.3 is 6.01 Å². The monoisotopic (exact) mass is 570 g/mol. The predicted octanol–water partition coefficient (Wildman–Crippen LogP) is 5.46. The van der Waals surface area contributed by atoms with Crippen LogP contribution in [0.1, 0.15) is 38.5 Å². The van der Waals surface area contributed by atoms with Gasteiger partial charge in [0.05, 0.1) is 5.54 Å². The molecule has 4 fully saturated rings. The topological polar surface area (TPSA) is 79.5 Å². The average molecular weight is 571 g/mol. The van der Waals surface area contributed by atoms with E-state index in [-0.39, 0.29) is 17.1 Å². The highest BCUT2D eigenvalue weighted by molar-refractivity contribution is 6.02. The first-order valence-electron chi connectivity index (χ1n) is 15.3. The van der Waals surface area contributed by atoms with Crippen LogP contribution in [0.5, 0.6) is 6.01 Å². The standard InChI is InChI=1S/C33H36F2N6O/c34-21-16-33(11-3-12-41(33)17-21)19-42-32-38-30-27(31(39-32)40-13-10-23-6-7-24(18-40)37-23)9-8-26(29(30)35)28-15-22(36)14-20-4-1-2-5-25(20)28/h1-2,4-5,8-9,14-15,21,23-24,37H,3,6-7,10-13,16-19,36H2/t21-,23-,24+,33+/m1/s1. The van der Waals surface area contributed by atoms with E-state index in [0.29, 0.717) is 54.1 Å². The molecule has 4 aromatic rings. The summed E-state index contributed by atoms with van der Waals surface area (Å²) in [6, 6.07) is 16.4. The Morgan fingerprint density at radius 2 is 1.86 bits per heavy atom. The van der Waals surface area contributed by atoms with Crippen LogP contribution < -0.4 is 20.7 Å². The Hall–Kier alpha value is -3.56. The third-order valence-electron chi connectivity index (χ3n) is 9.99. The lowest BCUT2D eigenvalue weighted by Gasteiger charge is -2.31. The SMILES string of the molecule is Nc1cc(-c2ccc3c(N4CC[C@H]5CC[C@@H](C4)N5)nc(OC[C@@]45CCCN4C[C@H](F)C5)nc3c2F)c2ccccc2c1. The van der Waals surface area contributed by atoms with Crippen LogP contribution in [0.3, 0.4) is 0 Å². The van der Waals surface area contributed by atoms with Crippen LogP contribution in [-0.2, 0) is 0 Å². The van der Waals surface area contributed by atoms with E-state index in [2.05, 4.69) is 20.1 Å². The first kappa shape index (κ1) is 26.1. The fourth-order valence-corrected chi connectivity index (χ4v) is 7.98. The van der Waals surface area contributed by atoms with Gasteiger partial charge in [0.25, 0.3) is 0 Å². The van der Waals surface area contributed by atoms with E-state index in [4.69, 9.17) is 15.5 Å². The van der Waals surface area contributed by atoms with Gasteiger partial charge in [0.2, 0.25) is 0 Å². The van der Waals surface area contributed by atoms with E-state index < -0.39 is 12.0 Å². The Balaban J connectivity index is 1.24. The predicted molar refractivity (Wildman–Crippen MR) is 162 cm³/mol. The molecule has 0 radical (unpaired) electrons. The number of nitrogen functional groups attached to an aromatic ring is 1. The number of nitrogens with one attached hydrogen (secondary N) is 1. The number of hydrogen-bond donors (Lipinski definition) is 2. The molecular weight excluding hydrogens is 534 g/mol. The van der Waals surface area contributed by atoms with Crippen molar-refractivity contribution in [3.8, 4) is 17.1 Å². The van der Waals surface area contributed by atoms with Crippen LogP contribution >= 0.6 is 0 Å². The minimum atomic E-state index is -0.852. The van der Waals surface area contributed by atoms with Crippen molar-refractivity contribution in [2.75, 3.05) is 43.4 Å². The molecule has 3 N–H and O–H groups in total. The Morgan fingerprint density at radius 3 is 2.79 bits per heavy atom. The van der Waals surface area contributed by atoms with Crippen LogP contribution in [0.25, 0.3) is 32.8 Å². The van der Waals surface area contributed by atoms with Gasteiger partial charge in [0, 0.05) is 54.8 Å². The molecule has 4 aliphatic heterocycles. The number of alkyl halides is 1. The van der Waals surface area contributed by atoms with Crippen LogP contribution in [0.4, 0.5) is 20.3 Å². The Labute approximate surface area is 244 Å². The van der Waals surface area contributed by atoms with Crippen molar-refractivity contribution in [3.05, 3.63) is 54.3 Å². The van der Waals surface area contributed by atoms with E-state index in [9.17, 15) is 4.39 Å². The molecule has 1 aromatic heterocycles. The van der Waals surface area contributed by atoms with E-state index in [1.165, 1.54) is 6.42 Å². The van der Waals surface area contributed by atoms with Crippen LogP contribution in [0, 0.1) is 5.82 Å². The third-order valence-corrected chi connectivity index (χ3v) is 9.99. The lowest BCUT2D eigenvalue weighted by atomic mass is 9.95. The summed E-state index contributed by atoms with van der Waals surface area (Å²) in [5.41, 5.74) is 7.89. The number of aromatic nitrogens is 2. The number of nitrogens with zero attached hydrogens (tertiary/aromatic N) is 4. The number of anilines is 2. The zero-order valence-corrected chi connectivity index (χ0v) is 23.7. The number of ether oxygens (including phenoxy) is 1. The van der Waals surface area contributed by atoms with Gasteiger partial charge in [-0.3, -0.25) is 4.90 Å². The van der Waals surface area contributed by atoms with Gasteiger partial charge < -0.3 is 20.7 Å². The molecule has 0 amide bonds. The van der Waals surface area contributed by atoms with Crippen molar-refractivity contribution in [1.29, 1.82) is 0 Å². The maximum atomic E-state index is 16.7. The van der Waals surface area contributed by atoms with Crippen LogP contribution in [0.15, 0.2) is 48.5 Å². The van der Waals surface area contributed by atoms with E-state index in [1.54, 1.807) is 0 Å². The second-order valence-electron chi connectivity index (χ2n) is 12.7. The average Bonchev–Trinajstić information content (AvgIpc) is 3.62. The molecule has 4 atom stereocenters. The maximum Gasteiger partial charge on any atom is 0.319 e. The minimum absolute atomic E-state index is 0.150. The lowest BCUT2D eigenvalue weighted by Crippen LogP contribution is -2.43. The molecule has 0 unspecified atom stereocenters. The molecule has 4 saturated heterocycles. The summed E-state index contributed by atoms with van der Waals surface area (Å²) >= 11 is 0. The van der Waals surface area contributed by atoms with Crippen molar-refractivity contribution in [3.63, 3.8) is 0 Å². The number of halogens is 2. The first-order chi connectivity index (χ1) is 20.5.